The van der Waals surface area contributed by atoms with Gasteiger partial charge < -0.3 is 19.7 Å². The number of methoxy groups -OCH3 is 2. The Morgan fingerprint density at radius 2 is 1.89 bits per heavy atom. The molecule has 7 nitrogen and oxygen atoms in total. The number of amides is 2. The normalized spacial score (nSPS) is 14.6. The minimum Gasteiger partial charge on any atom is -0.497 e. The van der Waals surface area contributed by atoms with Crippen molar-refractivity contribution in [3.63, 3.8) is 0 Å². The van der Waals surface area contributed by atoms with Crippen LogP contribution >= 0.6 is 11.3 Å². The second kappa shape index (κ2) is 9.57. The van der Waals surface area contributed by atoms with Crippen LogP contribution in [0.15, 0.2) is 35.7 Å². The molecule has 1 aliphatic rings. The zero-order valence-electron chi connectivity index (χ0n) is 16.1. The number of nitrogens with zero attached hydrogens (tertiary/aromatic N) is 2. The van der Waals surface area contributed by atoms with E-state index in [1.165, 1.54) is 18.4 Å². The molecular weight excluding hydrogens is 378 g/mol. The third-order valence-electron chi connectivity index (χ3n) is 4.76. The fourth-order valence-corrected chi connectivity index (χ4v) is 3.83. The van der Waals surface area contributed by atoms with E-state index < -0.39 is 0 Å². The first-order valence-electron chi connectivity index (χ1n) is 9.17. The number of carbonyl (C=O) groups excluding carboxylic acids is 2. The zero-order chi connectivity index (χ0) is 19.9. The third-order valence-corrected chi connectivity index (χ3v) is 5.62. The smallest absolute Gasteiger partial charge is 0.264 e. The number of hydrogen-bond donors (Lipinski definition) is 1. The van der Waals surface area contributed by atoms with Gasteiger partial charge in [-0.25, -0.2) is 0 Å². The molecule has 8 heteroatoms. The van der Waals surface area contributed by atoms with E-state index in [0.29, 0.717) is 36.7 Å². The van der Waals surface area contributed by atoms with Gasteiger partial charge in [0.05, 0.1) is 24.7 Å². The summed E-state index contributed by atoms with van der Waals surface area (Å²) in [7, 11) is 3.10. The Hall–Kier alpha value is -2.58. The maximum absolute atomic E-state index is 12.4. The van der Waals surface area contributed by atoms with Crippen molar-refractivity contribution in [1.29, 1.82) is 0 Å². The lowest BCUT2D eigenvalue weighted by Crippen LogP contribution is -2.50. The summed E-state index contributed by atoms with van der Waals surface area (Å²) in [5.41, 5.74) is 0.481. The molecule has 2 amide bonds. The maximum Gasteiger partial charge on any atom is 0.264 e. The first kappa shape index (κ1) is 20.2. The Morgan fingerprint density at radius 3 is 2.54 bits per heavy atom. The molecule has 2 aromatic rings. The highest BCUT2D eigenvalue weighted by Crippen LogP contribution is 2.24. The van der Waals surface area contributed by atoms with Crippen LogP contribution in [0.2, 0.25) is 0 Å². The number of thiophene rings is 1. The minimum atomic E-state index is -0.175. The van der Waals surface area contributed by atoms with Crippen LogP contribution in [-0.2, 0) is 0 Å². The predicted octanol–water partition coefficient (Wildman–Crippen LogP) is 1.95. The van der Waals surface area contributed by atoms with Gasteiger partial charge in [0.25, 0.3) is 11.8 Å². The summed E-state index contributed by atoms with van der Waals surface area (Å²) in [5.74, 6) is 1.06. The zero-order valence-corrected chi connectivity index (χ0v) is 17.0. The van der Waals surface area contributed by atoms with Crippen LogP contribution in [-0.4, -0.2) is 75.1 Å². The van der Waals surface area contributed by atoms with Crippen LogP contribution in [0.1, 0.15) is 20.0 Å². The summed E-state index contributed by atoms with van der Waals surface area (Å²) in [6.07, 6.45) is 0. The molecule has 150 valence electrons. The van der Waals surface area contributed by atoms with Crippen molar-refractivity contribution in [3.8, 4) is 11.5 Å². The van der Waals surface area contributed by atoms with E-state index >= 15 is 0 Å². The lowest BCUT2D eigenvalue weighted by atomic mass is 10.1. The number of piperazine rings is 1. The molecule has 0 radical (unpaired) electrons. The molecule has 1 saturated heterocycles. The summed E-state index contributed by atoms with van der Waals surface area (Å²) in [4.78, 5) is 29.7. The number of nitrogens with one attached hydrogen (secondary N) is 1. The van der Waals surface area contributed by atoms with Gasteiger partial charge in [0, 0.05) is 45.3 Å². The van der Waals surface area contributed by atoms with Crippen molar-refractivity contribution in [2.24, 2.45) is 0 Å². The molecule has 28 heavy (non-hydrogen) atoms. The predicted molar refractivity (Wildman–Crippen MR) is 109 cm³/mol. The second-order valence-electron chi connectivity index (χ2n) is 6.43. The van der Waals surface area contributed by atoms with Gasteiger partial charge in [-0.05, 0) is 23.6 Å². The molecule has 0 aliphatic carbocycles. The molecule has 0 saturated carbocycles. The second-order valence-corrected chi connectivity index (χ2v) is 7.38. The molecule has 0 atom stereocenters. The van der Waals surface area contributed by atoms with E-state index in [9.17, 15) is 9.59 Å². The van der Waals surface area contributed by atoms with E-state index in [0.717, 1.165) is 24.5 Å². The van der Waals surface area contributed by atoms with Gasteiger partial charge in [-0.2, -0.15) is 0 Å². The molecule has 2 heterocycles. The Bertz CT molecular complexity index is 802. The SMILES string of the molecule is COc1ccc(C(=O)NCCN2CCN(C(=O)c3cccs3)CC2)c(OC)c1. The summed E-state index contributed by atoms with van der Waals surface area (Å²) in [6.45, 7) is 4.30. The monoisotopic (exact) mass is 403 g/mol. The molecule has 1 aromatic carbocycles. The molecule has 1 aromatic heterocycles. The van der Waals surface area contributed by atoms with Crippen molar-refractivity contribution in [3.05, 3.63) is 46.2 Å². The highest BCUT2D eigenvalue weighted by atomic mass is 32.1. The summed E-state index contributed by atoms with van der Waals surface area (Å²) >= 11 is 1.48. The van der Waals surface area contributed by atoms with Crippen molar-refractivity contribution < 1.29 is 19.1 Å². The molecule has 0 bridgehead atoms. The van der Waals surface area contributed by atoms with Gasteiger partial charge >= 0.3 is 0 Å². The van der Waals surface area contributed by atoms with Gasteiger partial charge in [0.1, 0.15) is 11.5 Å². The summed E-state index contributed by atoms with van der Waals surface area (Å²) in [6, 6.07) is 8.89. The summed E-state index contributed by atoms with van der Waals surface area (Å²) < 4.78 is 10.4. The topological polar surface area (TPSA) is 71.1 Å². The quantitative estimate of drug-likeness (QED) is 0.765. The van der Waals surface area contributed by atoms with E-state index in [1.807, 2.05) is 22.4 Å². The molecule has 1 aliphatic heterocycles. The van der Waals surface area contributed by atoms with Crippen molar-refractivity contribution >= 4 is 23.2 Å². The number of hydrogen-bond acceptors (Lipinski definition) is 6. The van der Waals surface area contributed by atoms with E-state index in [2.05, 4.69) is 10.2 Å². The average Bonchev–Trinajstić information content (AvgIpc) is 3.28. The number of ether oxygens (including phenoxy) is 2. The lowest BCUT2D eigenvalue weighted by Gasteiger charge is -2.34. The van der Waals surface area contributed by atoms with Gasteiger partial charge in [-0.15, -0.1) is 11.3 Å². The third kappa shape index (κ3) is 4.82. The van der Waals surface area contributed by atoms with Gasteiger partial charge in [0.15, 0.2) is 0 Å². The van der Waals surface area contributed by atoms with Crippen LogP contribution < -0.4 is 14.8 Å². The molecule has 1 fully saturated rings. The average molecular weight is 404 g/mol. The molecular formula is C20H25N3O4S. The minimum absolute atomic E-state index is 0.106. The fourth-order valence-electron chi connectivity index (χ4n) is 3.14. The van der Waals surface area contributed by atoms with Crippen molar-refractivity contribution in [1.82, 2.24) is 15.1 Å². The van der Waals surface area contributed by atoms with Crippen molar-refractivity contribution in [2.75, 3.05) is 53.5 Å². The Labute approximate surface area is 168 Å². The first-order valence-corrected chi connectivity index (χ1v) is 10.1. The first-order chi connectivity index (χ1) is 13.6. The molecule has 1 N–H and O–H groups in total. The van der Waals surface area contributed by atoms with Crippen molar-refractivity contribution in [2.45, 2.75) is 0 Å². The molecule has 0 unspecified atom stereocenters. The van der Waals surface area contributed by atoms with E-state index in [4.69, 9.17) is 9.47 Å². The summed E-state index contributed by atoms with van der Waals surface area (Å²) in [5, 5.41) is 4.86. The number of rotatable bonds is 7. The van der Waals surface area contributed by atoms with Crippen LogP contribution in [0.25, 0.3) is 0 Å². The maximum atomic E-state index is 12.4. The highest BCUT2D eigenvalue weighted by molar-refractivity contribution is 7.12. The van der Waals surface area contributed by atoms with Crippen LogP contribution in [0.5, 0.6) is 11.5 Å². The largest absolute Gasteiger partial charge is 0.497 e. The lowest BCUT2D eigenvalue weighted by molar-refractivity contribution is 0.0643. The van der Waals surface area contributed by atoms with Crippen LogP contribution in [0.3, 0.4) is 0 Å². The van der Waals surface area contributed by atoms with Gasteiger partial charge in [0.2, 0.25) is 0 Å². The fraction of sp³-hybridized carbons (Fsp3) is 0.400. The van der Waals surface area contributed by atoms with Gasteiger partial charge in [-0.1, -0.05) is 6.07 Å². The Balaban J connectivity index is 1.43. The standard InChI is InChI=1S/C20H25N3O4S/c1-26-15-5-6-16(17(14-15)27-2)19(24)21-7-8-22-9-11-23(12-10-22)20(25)18-4-3-13-28-18/h3-6,13-14H,7-12H2,1-2H3,(H,21,24). The van der Waals surface area contributed by atoms with Crippen LogP contribution in [0.4, 0.5) is 0 Å². The van der Waals surface area contributed by atoms with E-state index in [1.54, 1.807) is 25.3 Å². The Morgan fingerprint density at radius 1 is 1.11 bits per heavy atom. The van der Waals surface area contributed by atoms with Crippen LogP contribution in [0, 0.1) is 0 Å². The highest BCUT2D eigenvalue weighted by Gasteiger charge is 2.22. The number of benzene rings is 1. The number of carbonyl (C=O) groups is 2. The Kier molecular flexibility index (Phi) is 6.89. The van der Waals surface area contributed by atoms with Gasteiger partial charge in [-0.3, -0.25) is 14.5 Å². The van der Waals surface area contributed by atoms with E-state index in [-0.39, 0.29) is 11.8 Å². The molecule has 0 spiro atoms. The molecule has 3 rings (SSSR count).